The highest BCUT2D eigenvalue weighted by Crippen LogP contribution is 2.30. The van der Waals surface area contributed by atoms with Gasteiger partial charge in [-0.05, 0) is 25.1 Å². The first-order valence-corrected chi connectivity index (χ1v) is 6.90. The highest BCUT2D eigenvalue weighted by atomic mass is 16.6. The van der Waals surface area contributed by atoms with Gasteiger partial charge in [0.2, 0.25) is 0 Å². The van der Waals surface area contributed by atoms with Gasteiger partial charge in [-0.25, -0.2) is 0 Å². The molecule has 0 saturated heterocycles. The first kappa shape index (κ1) is 16.9. The van der Waals surface area contributed by atoms with Crippen molar-refractivity contribution in [3.63, 3.8) is 0 Å². The zero-order chi connectivity index (χ0) is 17.7. The van der Waals surface area contributed by atoms with Crippen LogP contribution < -0.4 is 10.1 Å². The van der Waals surface area contributed by atoms with Crippen molar-refractivity contribution in [2.24, 2.45) is 0 Å². The summed E-state index contributed by atoms with van der Waals surface area (Å²) in [6.07, 6.45) is 0. The van der Waals surface area contributed by atoms with Crippen LogP contribution in [-0.2, 0) is 0 Å². The van der Waals surface area contributed by atoms with Crippen LogP contribution in [0.25, 0.3) is 0 Å². The van der Waals surface area contributed by atoms with E-state index in [1.807, 2.05) is 0 Å². The average molecular weight is 331 g/mol. The maximum absolute atomic E-state index is 12.4. The lowest BCUT2D eigenvalue weighted by Gasteiger charge is -2.10. The molecule has 0 aromatic heterocycles. The highest BCUT2D eigenvalue weighted by molar-refractivity contribution is 6.07. The van der Waals surface area contributed by atoms with E-state index in [9.17, 15) is 25.0 Å². The van der Waals surface area contributed by atoms with Crippen molar-refractivity contribution in [2.75, 3.05) is 11.9 Å². The maximum Gasteiger partial charge on any atom is 0.299 e. The summed E-state index contributed by atoms with van der Waals surface area (Å²) in [7, 11) is 0. The average Bonchev–Trinajstić information content (AvgIpc) is 2.55. The number of para-hydroxylation sites is 1. The molecule has 9 nitrogen and oxygen atoms in total. The number of rotatable bonds is 6. The molecule has 0 unspecified atom stereocenters. The number of nitrogens with one attached hydrogen (secondary N) is 1. The molecule has 0 radical (unpaired) electrons. The molecular formula is C15H13N3O6. The van der Waals surface area contributed by atoms with E-state index in [-0.39, 0.29) is 11.3 Å². The number of nitro groups is 2. The standard InChI is InChI=1S/C15H13N3O6/c1-2-24-14-6-4-3-5-11(14)15(19)16-12-8-7-10(17(20)21)9-13(12)18(22)23/h3-9H,2H2,1H3,(H,16,19). The minimum absolute atomic E-state index is 0.137. The number of carbonyl (C=O) groups is 1. The highest BCUT2D eigenvalue weighted by Gasteiger charge is 2.22. The molecule has 0 saturated carbocycles. The number of nitrogens with zero attached hydrogens (tertiary/aromatic N) is 2. The van der Waals surface area contributed by atoms with Gasteiger partial charge in [-0.3, -0.25) is 25.0 Å². The number of carbonyl (C=O) groups excluding carboxylic acids is 1. The first-order chi connectivity index (χ1) is 11.4. The van der Waals surface area contributed by atoms with Crippen LogP contribution in [-0.4, -0.2) is 22.4 Å². The van der Waals surface area contributed by atoms with E-state index >= 15 is 0 Å². The fourth-order valence-electron chi connectivity index (χ4n) is 2.02. The molecule has 1 N–H and O–H groups in total. The summed E-state index contributed by atoms with van der Waals surface area (Å²) in [6, 6.07) is 9.43. The van der Waals surface area contributed by atoms with Crippen molar-refractivity contribution in [3.05, 3.63) is 68.3 Å². The molecule has 2 aromatic carbocycles. The summed E-state index contributed by atoms with van der Waals surface area (Å²) in [6.45, 7) is 2.11. The molecule has 0 atom stereocenters. The maximum atomic E-state index is 12.4. The third-order valence-electron chi connectivity index (χ3n) is 3.07. The molecule has 0 heterocycles. The van der Waals surface area contributed by atoms with Gasteiger partial charge in [0.15, 0.2) is 0 Å². The Bertz CT molecular complexity index is 806. The monoisotopic (exact) mass is 331 g/mol. The molecule has 124 valence electrons. The minimum atomic E-state index is -0.795. The predicted molar refractivity (Wildman–Crippen MR) is 85.3 cm³/mol. The van der Waals surface area contributed by atoms with Gasteiger partial charge in [-0.2, -0.15) is 0 Å². The lowest BCUT2D eigenvalue weighted by Crippen LogP contribution is -2.14. The van der Waals surface area contributed by atoms with Gasteiger partial charge in [-0.1, -0.05) is 12.1 Å². The third-order valence-corrected chi connectivity index (χ3v) is 3.07. The van der Waals surface area contributed by atoms with E-state index in [1.54, 1.807) is 25.1 Å². The number of amides is 1. The van der Waals surface area contributed by atoms with Crippen LogP contribution in [0, 0.1) is 20.2 Å². The molecule has 0 fully saturated rings. The van der Waals surface area contributed by atoms with E-state index in [4.69, 9.17) is 4.74 Å². The second kappa shape index (κ2) is 7.18. The Balaban J connectivity index is 2.36. The van der Waals surface area contributed by atoms with Crippen LogP contribution in [0.1, 0.15) is 17.3 Å². The van der Waals surface area contributed by atoms with Crippen molar-refractivity contribution in [1.82, 2.24) is 0 Å². The number of nitro benzene ring substituents is 2. The smallest absolute Gasteiger partial charge is 0.299 e. The van der Waals surface area contributed by atoms with E-state index in [2.05, 4.69) is 5.32 Å². The molecule has 24 heavy (non-hydrogen) atoms. The molecular weight excluding hydrogens is 318 g/mol. The topological polar surface area (TPSA) is 125 Å². The van der Waals surface area contributed by atoms with Crippen LogP contribution in [0.15, 0.2) is 42.5 Å². The Morgan fingerprint density at radius 3 is 2.46 bits per heavy atom. The zero-order valence-electron chi connectivity index (χ0n) is 12.6. The van der Waals surface area contributed by atoms with Gasteiger partial charge in [0.25, 0.3) is 17.3 Å². The molecule has 1 amide bonds. The summed E-state index contributed by atoms with van der Waals surface area (Å²) in [5, 5.41) is 24.2. The van der Waals surface area contributed by atoms with Crippen LogP contribution >= 0.6 is 0 Å². The lowest BCUT2D eigenvalue weighted by atomic mass is 10.1. The van der Waals surface area contributed by atoms with Gasteiger partial charge in [0.1, 0.15) is 11.4 Å². The molecule has 0 spiro atoms. The predicted octanol–water partition coefficient (Wildman–Crippen LogP) is 3.15. The SMILES string of the molecule is CCOc1ccccc1C(=O)Nc1ccc([N+](=O)[O-])cc1[N+](=O)[O-]. The summed E-state index contributed by atoms with van der Waals surface area (Å²) in [5.41, 5.74) is -0.935. The number of hydrogen-bond acceptors (Lipinski definition) is 6. The number of non-ortho nitro benzene ring substituents is 1. The fourth-order valence-corrected chi connectivity index (χ4v) is 2.02. The van der Waals surface area contributed by atoms with Crippen molar-refractivity contribution in [1.29, 1.82) is 0 Å². The Kier molecular flexibility index (Phi) is 5.05. The normalized spacial score (nSPS) is 10.0. The minimum Gasteiger partial charge on any atom is -0.493 e. The van der Waals surface area contributed by atoms with Gasteiger partial charge in [-0.15, -0.1) is 0 Å². The van der Waals surface area contributed by atoms with E-state index in [0.29, 0.717) is 12.4 Å². The van der Waals surface area contributed by atoms with E-state index in [0.717, 1.165) is 18.2 Å². The van der Waals surface area contributed by atoms with E-state index in [1.165, 1.54) is 6.07 Å². The second-order valence-corrected chi connectivity index (χ2v) is 4.60. The van der Waals surface area contributed by atoms with Crippen molar-refractivity contribution in [2.45, 2.75) is 6.92 Å². The molecule has 2 aromatic rings. The van der Waals surface area contributed by atoms with Crippen molar-refractivity contribution < 1.29 is 19.4 Å². The van der Waals surface area contributed by atoms with Crippen molar-refractivity contribution >= 4 is 23.0 Å². The van der Waals surface area contributed by atoms with E-state index < -0.39 is 27.1 Å². The van der Waals surface area contributed by atoms with Crippen LogP contribution in [0.3, 0.4) is 0 Å². The summed E-state index contributed by atoms with van der Waals surface area (Å²) >= 11 is 0. The molecule has 0 aliphatic carbocycles. The number of anilines is 1. The van der Waals surface area contributed by atoms with Crippen molar-refractivity contribution in [3.8, 4) is 5.75 Å². The Labute approximate surface area is 136 Å². The molecule has 2 rings (SSSR count). The molecule has 9 heteroatoms. The van der Waals surface area contributed by atoms with Crippen LogP contribution in [0.4, 0.5) is 17.1 Å². The second-order valence-electron chi connectivity index (χ2n) is 4.60. The summed E-state index contributed by atoms with van der Waals surface area (Å²) in [4.78, 5) is 32.6. The number of hydrogen-bond donors (Lipinski definition) is 1. The Hall–Kier alpha value is -3.49. The number of ether oxygens (including phenoxy) is 1. The van der Waals surface area contributed by atoms with Gasteiger partial charge >= 0.3 is 0 Å². The quantitative estimate of drug-likeness (QED) is 0.640. The largest absolute Gasteiger partial charge is 0.493 e. The zero-order valence-corrected chi connectivity index (χ0v) is 12.6. The first-order valence-electron chi connectivity index (χ1n) is 6.90. The molecule has 0 aliphatic heterocycles. The molecule has 0 bridgehead atoms. The number of benzene rings is 2. The Morgan fingerprint density at radius 2 is 1.83 bits per heavy atom. The fraction of sp³-hybridized carbons (Fsp3) is 0.133. The van der Waals surface area contributed by atoms with Crippen LogP contribution in [0.5, 0.6) is 5.75 Å². The van der Waals surface area contributed by atoms with Gasteiger partial charge < -0.3 is 10.1 Å². The van der Waals surface area contributed by atoms with Gasteiger partial charge in [0, 0.05) is 6.07 Å². The third kappa shape index (κ3) is 3.64. The van der Waals surface area contributed by atoms with Crippen LogP contribution in [0.2, 0.25) is 0 Å². The Morgan fingerprint density at radius 1 is 1.12 bits per heavy atom. The lowest BCUT2D eigenvalue weighted by molar-refractivity contribution is -0.393. The molecule has 0 aliphatic rings. The summed E-state index contributed by atoms with van der Waals surface area (Å²) in [5.74, 6) is -0.280. The van der Waals surface area contributed by atoms with Gasteiger partial charge in [0.05, 0.1) is 28.1 Å². The summed E-state index contributed by atoms with van der Waals surface area (Å²) < 4.78 is 5.34.